The zero-order valence-electron chi connectivity index (χ0n) is 20.5. The molecule has 3 aromatic carbocycles. The molecule has 36 heavy (non-hydrogen) atoms. The van der Waals surface area contributed by atoms with Crippen molar-refractivity contribution in [2.75, 3.05) is 37.7 Å². The molecule has 0 bridgehead atoms. The molecule has 1 aliphatic heterocycles. The normalized spacial score (nSPS) is 14.8. The van der Waals surface area contributed by atoms with Gasteiger partial charge in [0.05, 0.1) is 6.54 Å². The third-order valence-corrected chi connectivity index (χ3v) is 8.08. The second-order valence-electron chi connectivity index (χ2n) is 9.32. The molecule has 1 amide bonds. The molecule has 8 heteroatoms. The average Bonchev–Trinajstić information content (AvgIpc) is 3.24. The van der Waals surface area contributed by atoms with Crippen molar-refractivity contribution in [3.05, 3.63) is 92.9 Å². The fourth-order valence-electron chi connectivity index (χ4n) is 5.35. The lowest BCUT2D eigenvalue weighted by Gasteiger charge is -2.37. The Morgan fingerprint density at radius 3 is 2.25 bits per heavy atom. The van der Waals surface area contributed by atoms with Crippen LogP contribution in [0, 0.1) is 13.8 Å². The average molecular weight is 500 g/mol. The van der Waals surface area contributed by atoms with Crippen LogP contribution in [0.4, 0.5) is 10.5 Å². The van der Waals surface area contributed by atoms with Gasteiger partial charge in [0.15, 0.2) is 0 Å². The summed E-state index contributed by atoms with van der Waals surface area (Å²) in [6.07, 6.45) is -0.268. The van der Waals surface area contributed by atoms with Crippen LogP contribution in [0.5, 0.6) is 0 Å². The molecule has 0 aromatic heterocycles. The molecule has 1 heterocycles. The van der Waals surface area contributed by atoms with Crippen LogP contribution >= 0.6 is 12.6 Å². The minimum absolute atomic E-state index is 0.0566. The molecule has 1 aliphatic carbocycles. The van der Waals surface area contributed by atoms with Crippen molar-refractivity contribution in [2.45, 2.75) is 31.2 Å². The Balaban J connectivity index is 1.24. The highest BCUT2D eigenvalue weighted by atomic mass is 32.1. The summed E-state index contributed by atoms with van der Waals surface area (Å²) in [5.74, 6) is 0.0566. The third kappa shape index (κ3) is 4.38. The van der Waals surface area contributed by atoms with E-state index in [4.69, 9.17) is 22.9 Å². The predicted molar refractivity (Wildman–Crippen MR) is 145 cm³/mol. The van der Waals surface area contributed by atoms with Gasteiger partial charge in [-0.25, -0.2) is 4.79 Å². The van der Waals surface area contributed by atoms with Crippen LogP contribution in [0.15, 0.2) is 64.6 Å². The number of hydrogen-bond donors (Lipinski definition) is 1. The van der Waals surface area contributed by atoms with Crippen LogP contribution in [-0.4, -0.2) is 43.8 Å². The molecule has 1 saturated heterocycles. The number of ether oxygens (including phenoxy) is 1. The first-order valence-corrected chi connectivity index (χ1v) is 12.6. The lowest BCUT2D eigenvalue weighted by Crippen LogP contribution is -2.49. The van der Waals surface area contributed by atoms with E-state index >= 15 is 0 Å². The maximum absolute atomic E-state index is 13.0. The van der Waals surface area contributed by atoms with Crippen molar-refractivity contribution in [1.29, 1.82) is 0 Å². The zero-order chi connectivity index (χ0) is 25.2. The van der Waals surface area contributed by atoms with Gasteiger partial charge < -0.3 is 14.5 Å². The largest absolute Gasteiger partial charge is 0.448 e. The molecule has 184 valence electrons. The van der Waals surface area contributed by atoms with Crippen LogP contribution < -0.4 is 4.90 Å². The van der Waals surface area contributed by atoms with Gasteiger partial charge >= 0.3 is 6.09 Å². The standard InChI is InChI=1S/C28H29N5O2S/c1-18-20(16-30-31-29)15-26(19(2)27(18)36)32-11-13-33(14-12-32)28(34)35-17-25-23-9-5-3-7-21(23)22-8-4-6-10-24(22)25/h3-10,15,25,36H,11-14,16-17H2,1-2H3. The maximum atomic E-state index is 13.0. The summed E-state index contributed by atoms with van der Waals surface area (Å²) < 4.78 is 5.85. The molecule has 7 nitrogen and oxygen atoms in total. The summed E-state index contributed by atoms with van der Waals surface area (Å²) in [4.78, 5) is 20.8. The van der Waals surface area contributed by atoms with E-state index in [2.05, 4.69) is 64.3 Å². The van der Waals surface area contributed by atoms with Crippen molar-refractivity contribution in [2.24, 2.45) is 5.11 Å². The number of azide groups is 1. The Hall–Kier alpha value is -3.61. The number of hydrogen-bond acceptors (Lipinski definition) is 5. The van der Waals surface area contributed by atoms with Gasteiger partial charge in [0, 0.05) is 47.6 Å². The van der Waals surface area contributed by atoms with Gasteiger partial charge in [-0.2, -0.15) is 0 Å². The van der Waals surface area contributed by atoms with Crippen molar-refractivity contribution < 1.29 is 9.53 Å². The molecule has 2 aliphatic rings. The topological polar surface area (TPSA) is 81.5 Å². The summed E-state index contributed by atoms with van der Waals surface area (Å²) in [5, 5.41) is 3.74. The van der Waals surface area contributed by atoms with E-state index in [1.165, 1.54) is 22.3 Å². The van der Waals surface area contributed by atoms with Crippen molar-refractivity contribution in [3.8, 4) is 11.1 Å². The Morgan fingerprint density at radius 1 is 1.03 bits per heavy atom. The number of carbonyl (C=O) groups is 1. The number of fused-ring (bicyclic) bond motifs is 3. The number of benzene rings is 3. The molecule has 3 aromatic rings. The molecule has 0 radical (unpaired) electrons. The number of thiol groups is 1. The zero-order valence-corrected chi connectivity index (χ0v) is 21.4. The number of piperazine rings is 1. The Labute approximate surface area is 216 Å². The molecular weight excluding hydrogens is 470 g/mol. The fraction of sp³-hybridized carbons (Fsp3) is 0.321. The van der Waals surface area contributed by atoms with Crippen molar-refractivity contribution >= 4 is 24.4 Å². The minimum atomic E-state index is -0.268. The first-order chi connectivity index (χ1) is 17.5. The highest BCUT2D eigenvalue weighted by Gasteiger charge is 2.30. The van der Waals surface area contributed by atoms with Crippen LogP contribution in [0.25, 0.3) is 21.6 Å². The fourth-order valence-corrected chi connectivity index (χ4v) is 5.61. The quantitative estimate of drug-likeness (QED) is 0.189. The number of nitrogens with zero attached hydrogens (tertiary/aromatic N) is 5. The van der Waals surface area contributed by atoms with Gasteiger partial charge in [-0.05, 0) is 64.4 Å². The molecule has 0 unspecified atom stereocenters. The predicted octanol–water partition coefficient (Wildman–Crippen LogP) is 6.47. The first kappa shape index (κ1) is 24.1. The van der Waals surface area contributed by atoms with E-state index in [1.807, 2.05) is 19.1 Å². The van der Waals surface area contributed by atoms with E-state index in [-0.39, 0.29) is 12.0 Å². The summed E-state index contributed by atoms with van der Waals surface area (Å²) >= 11 is 4.71. The van der Waals surface area contributed by atoms with E-state index in [0.29, 0.717) is 39.3 Å². The van der Waals surface area contributed by atoms with Crippen molar-refractivity contribution in [1.82, 2.24) is 4.90 Å². The second-order valence-corrected chi connectivity index (χ2v) is 9.77. The summed E-state index contributed by atoms with van der Waals surface area (Å²) in [7, 11) is 0. The molecule has 1 fully saturated rings. The number of carbonyl (C=O) groups excluding carboxylic acids is 1. The summed E-state index contributed by atoms with van der Waals surface area (Å²) in [6.45, 7) is 7.23. The lowest BCUT2D eigenvalue weighted by molar-refractivity contribution is 0.0977. The Kier molecular flexibility index (Phi) is 6.81. The van der Waals surface area contributed by atoms with Gasteiger partial charge in [-0.3, -0.25) is 0 Å². The molecule has 0 atom stereocenters. The number of amides is 1. The lowest BCUT2D eigenvalue weighted by atomic mass is 9.98. The van der Waals surface area contributed by atoms with Gasteiger partial charge in [-0.15, -0.1) is 12.6 Å². The van der Waals surface area contributed by atoms with Crippen LogP contribution in [0.3, 0.4) is 0 Å². The van der Waals surface area contributed by atoms with Crippen LogP contribution in [0.2, 0.25) is 0 Å². The number of rotatable bonds is 5. The Bertz CT molecular complexity index is 1310. The molecular formula is C28H29N5O2S. The summed E-state index contributed by atoms with van der Waals surface area (Å²) in [6, 6.07) is 18.8. The summed E-state index contributed by atoms with van der Waals surface area (Å²) in [5.41, 5.74) is 17.8. The second kappa shape index (κ2) is 10.2. The van der Waals surface area contributed by atoms with E-state index < -0.39 is 0 Å². The van der Waals surface area contributed by atoms with Gasteiger partial charge in [0.25, 0.3) is 0 Å². The monoisotopic (exact) mass is 499 g/mol. The van der Waals surface area contributed by atoms with Crippen molar-refractivity contribution in [3.63, 3.8) is 0 Å². The van der Waals surface area contributed by atoms with Gasteiger partial charge in [0.2, 0.25) is 0 Å². The van der Waals surface area contributed by atoms with Crippen LogP contribution in [0.1, 0.15) is 33.7 Å². The van der Waals surface area contributed by atoms with E-state index in [0.717, 1.165) is 27.3 Å². The first-order valence-electron chi connectivity index (χ1n) is 12.2. The highest BCUT2D eigenvalue weighted by Crippen LogP contribution is 2.44. The maximum Gasteiger partial charge on any atom is 0.409 e. The Morgan fingerprint density at radius 2 is 1.64 bits per heavy atom. The number of anilines is 1. The van der Waals surface area contributed by atoms with E-state index in [1.54, 1.807) is 4.90 Å². The minimum Gasteiger partial charge on any atom is -0.448 e. The van der Waals surface area contributed by atoms with Gasteiger partial charge in [-0.1, -0.05) is 53.6 Å². The molecule has 5 rings (SSSR count). The smallest absolute Gasteiger partial charge is 0.409 e. The third-order valence-electron chi connectivity index (χ3n) is 7.41. The molecule has 0 spiro atoms. The van der Waals surface area contributed by atoms with Gasteiger partial charge in [0.1, 0.15) is 6.61 Å². The van der Waals surface area contributed by atoms with E-state index in [9.17, 15) is 4.79 Å². The SMILES string of the molecule is Cc1c(CN=[N+]=[N-])cc(N2CCN(C(=O)OCC3c4ccccc4-c4ccccc43)CC2)c(C)c1S. The molecule has 0 saturated carbocycles. The molecule has 0 N–H and O–H groups in total. The highest BCUT2D eigenvalue weighted by molar-refractivity contribution is 7.80. The van der Waals surface area contributed by atoms with Crippen LogP contribution in [-0.2, 0) is 11.3 Å².